The maximum atomic E-state index is 11.8. The molecule has 16 heavy (non-hydrogen) atoms. The second-order valence-electron chi connectivity index (χ2n) is 4.60. The quantitative estimate of drug-likeness (QED) is 0.766. The predicted octanol–water partition coefficient (Wildman–Crippen LogP) is 1.67. The van der Waals surface area contributed by atoms with Crippen LogP contribution in [0, 0.1) is 5.41 Å². The van der Waals surface area contributed by atoms with Crippen LogP contribution in [0.2, 0.25) is 0 Å². The van der Waals surface area contributed by atoms with Crippen molar-refractivity contribution in [3.05, 3.63) is 35.9 Å². The van der Waals surface area contributed by atoms with Crippen LogP contribution in [0.1, 0.15) is 25.3 Å². The molecule has 84 valence electrons. The van der Waals surface area contributed by atoms with Crippen LogP contribution in [0.5, 0.6) is 0 Å². The first-order valence-corrected chi connectivity index (χ1v) is 5.48. The summed E-state index contributed by atoms with van der Waals surface area (Å²) in [7, 11) is 0. The van der Waals surface area contributed by atoms with Gasteiger partial charge in [0.25, 0.3) is 0 Å². The molecule has 1 aromatic carbocycles. The highest BCUT2D eigenvalue weighted by Gasteiger charge is 2.38. The fraction of sp³-hybridized carbons (Fsp3) is 0.385. The molecule has 1 fully saturated rings. The Labute approximate surface area is 94.9 Å². The van der Waals surface area contributed by atoms with Crippen molar-refractivity contribution >= 4 is 11.8 Å². The molecular weight excluding hydrogens is 202 g/mol. The largest absolute Gasteiger partial charge is 0.296 e. The first-order valence-electron chi connectivity index (χ1n) is 5.48. The number of carbonyl (C=O) groups is 2. The Morgan fingerprint density at radius 2 is 1.94 bits per heavy atom. The second-order valence-corrected chi connectivity index (χ2v) is 4.60. The summed E-state index contributed by atoms with van der Waals surface area (Å²) >= 11 is 0. The first kappa shape index (κ1) is 10.9. The maximum absolute atomic E-state index is 11.8. The smallest absolute Gasteiger partial charge is 0.232 e. The molecule has 1 saturated heterocycles. The minimum Gasteiger partial charge on any atom is -0.296 e. The average molecular weight is 217 g/mol. The molecule has 0 saturated carbocycles. The third kappa shape index (κ3) is 2.13. The highest BCUT2D eigenvalue weighted by Crippen LogP contribution is 2.31. The van der Waals surface area contributed by atoms with Gasteiger partial charge in [-0.2, -0.15) is 0 Å². The zero-order valence-corrected chi connectivity index (χ0v) is 9.32. The van der Waals surface area contributed by atoms with Crippen LogP contribution in [0.4, 0.5) is 0 Å². The van der Waals surface area contributed by atoms with Crippen molar-refractivity contribution in [2.24, 2.45) is 5.41 Å². The van der Waals surface area contributed by atoms with E-state index in [1.807, 2.05) is 37.3 Å². The lowest BCUT2D eigenvalue weighted by Gasteiger charge is -2.31. The highest BCUT2D eigenvalue weighted by molar-refractivity contribution is 6.00. The molecule has 1 atom stereocenters. The summed E-state index contributed by atoms with van der Waals surface area (Å²) in [4.78, 5) is 22.9. The maximum Gasteiger partial charge on any atom is 0.232 e. The molecule has 0 aromatic heterocycles. The van der Waals surface area contributed by atoms with E-state index >= 15 is 0 Å². The SMILES string of the molecule is CC1(Cc2ccccc2)CCC(=O)NC1=O. The molecule has 1 unspecified atom stereocenters. The Bertz CT molecular complexity index is 413. The van der Waals surface area contributed by atoms with Crippen molar-refractivity contribution < 1.29 is 9.59 Å². The van der Waals surface area contributed by atoms with Crippen molar-refractivity contribution in [2.75, 3.05) is 0 Å². The van der Waals surface area contributed by atoms with E-state index in [-0.39, 0.29) is 11.8 Å². The second kappa shape index (κ2) is 4.08. The van der Waals surface area contributed by atoms with E-state index in [0.29, 0.717) is 19.3 Å². The van der Waals surface area contributed by atoms with Crippen molar-refractivity contribution in [3.63, 3.8) is 0 Å². The molecule has 1 N–H and O–H groups in total. The highest BCUT2D eigenvalue weighted by atomic mass is 16.2. The first-order chi connectivity index (χ1) is 7.60. The van der Waals surface area contributed by atoms with Crippen LogP contribution in [0.25, 0.3) is 0 Å². The lowest BCUT2D eigenvalue weighted by molar-refractivity contribution is -0.141. The molecule has 1 aliphatic rings. The van der Waals surface area contributed by atoms with Gasteiger partial charge in [-0.1, -0.05) is 37.3 Å². The Hall–Kier alpha value is -1.64. The van der Waals surface area contributed by atoms with E-state index in [4.69, 9.17) is 0 Å². The summed E-state index contributed by atoms with van der Waals surface area (Å²) in [6.07, 6.45) is 1.76. The van der Waals surface area contributed by atoms with E-state index in [1.165, 1.54) is 0 Å². The molecule has 0 spiro atoms. The van der Waals surface area contributed by atoms with Gasteiger partial charge >= 0.3 is 0 Å². The van der Waals surface area contributed by atoms with Crippen LogP contribution in [-0.4, -0.2) is 11.8 Å². The van der Waals surface area contributed by atoms with Gasteiger partial charge in [0.1, 0.15) is 0 Å². The van der Waals surface area contributed by atoms with E-state index < -0.39 is 5.41 Å². The standard InChI is InChI=1S/C13H15NO2/c1-13(8-7-11(15)14-12(13)16)9-10-5-3-2-4-6-10/h2-6H,7-9H2,1H3,(H,14,15,16). The predicted molar refractivity (Wildman–Crippen MR) is 60.6 cm³/mol. The van der Waals surface area contributed by atoms with E-state index in [9.17, 15) is 9.59 Å². The Morgan fingerprint density at radius 1 is 1.25 bits per heavy atom. The molecular formula is C13H15NO2. The van der Waals surface area contributed by atoms with Crippen LogP contribution in [0.3, 0.4) is 0 Å². The van der Waals surface area contributed by atoms with Crippen LogP contribution < -0.4 is 5.32 Å². The number of rotatable bonds is 2. The lowest BCUT2D eigenvalue weighted by Crippen LogP contribution is -2.48. The van der Waals surface area contributed by atoms with Gasteiger partial charge in [-0.25, -0.2) is 0 Å². The van der Waals surface area contributed by atoms with E-state index in [2.05, 4.69) is 5.32 Å². The van der Waals surface area contributed by atoms with Gasteiger partial charge in [-0.3, -0.25) is 14.9 Å². The zero-order chi connectivity index (χ0) is 11.6. The molecule has 0 radical (unpaired) electrons. The number of benzene rings is 1. The van der Waals surface area contributed by atoms with Crippen molar-refractivity contribution in [3.8, 4) is 0 Å². The number of nitrogens with one attached hydrogen (secondary N) is 1. The van der Waals surface area contributed by atoms with Gasteiger partial charge < -0.3 is 0 Å². The Morgan fingerprint density at radius 3 is 2.56 bits per heavy atom. The third-order valence-electron chi connectivity index (χ3n) is 3.14. The fourth-order valence-electron chi connectivity index (χ4n) is 2.06. The number of piperidine rings is 1. The van der Waals surface area contributed by atoms with Crippen LogP contribution in [-0.2, 0) is 16.0 Å². The van der Waals surface area contributed by atoms with Crippen molar-refractivity contribution in [1.29, 1.82) is 0 Å². The Kier molecular flexibility index (Phi) is 2.77. The van der Waals surface area contributed by atoms with Crippen LogP contribution in [0.15, 0.2) is 30.3 Å². The molecule has 3 nitrogen and oxygen atoms in total. The summed E-state index contributed by atoms with van der Waals surface area (Å²) in [6, 6.07) is 9.90. The van der Waals surface area contributed by atoms with Crippen molar-refractivity contribution in [2.45, 2.75) is 26.2 Å². The van der Waals surface area contributed by atoms with Gasteiger partial charge in [0.2, 0.25) is 11.8 Å². The molecule has 1 aromatic rings. The normalized spacial score (nSPS) is 25.3. The fourth-order valence-corrected chi connectivity index (χ4v) is 2.06. The summed E-state index contributed by atoms with van der Waals surface area (Å²) in [5, 5.41) is 2.41. The summed E-state index contributed by atoms with van der Waals surface area (Å²) in [5.41, 5.74) is 0.685. The Balaban J connectivity index is 2.14. The minimum absolute atomic E-state index is 0.146. The number of amides is 2. The summed E-state index contributed by atoms with van der Waals surface area (Å²) in [6.45, 7) is 1.92. The third-order valence-corrected chi connectivity index (χ3v) is 3.14. The summed E-state index contributed by atoms with van der Waals surface area (Å²) in [5.74, 6) is -0.303. The molecule has 1 aliphatic heterocycles. The number of imide groups is 1. The van der Waals surface area contributed by atoms with Gasteiger partial charge in [-0.15, -0.1) is 0 Å². The van der Waals surface area contributed by atoms with Crippen LogP contribution >= 0.6 is 0 Å². The molecule has 3 heteroatoms. The number of carbonyl (C=O) groups excluding carboxylic acids is 2. The van der Waals surface area contributed by atoms with E-state index in [0.717, 1.165) is 5.56 Å². The van der Waals surface area contributed by atoms with Gasteiger partial charge in [0, 0.05) is 6.42 Å². The average Bonchev–Trinajstić information content (AvgIpc) is 2.26. The van der Waals surface area contributed by atoms with Gasteiger partial charge in [0.15, 0.2) is 0 Å². The van der Waals surface area contributed by atoms with Gasteiger partial charge in [-0.05, 0) is 18.4 Å². The zero-order valence-electron chi connectivity index (χ0n) is 9.32. The van der Waals surface area contributed by atoms with Gasteiger partial charge in [0.05, 0.1) is 5.41 Å². The summed E-state index contributed by atoms with van der Waals surface area (Å²) < 4.78 is 0. The molecule has 0 bridgehead atoms. The molecule has 0 aliphatic carbocycles. The molecule has 2 rings (SSSR count). The molecule has 2 amide bonds. The topological polar surface area (TPSA) is 46.2 Å². The monoisotopic (exact) mass is 217 g/mol. The molecule has 1 heterocycles. The van der Waals surface area contributed by atoms with E-state index in [1.54, 1.807) is 0 Å². The lowest BCUT2D eigenvalue weighted by atomic mass is 9.77. The number of hydrogen-bond acceptors (Lipinski definition) is 2. The minimum atomic E-state index is -0.449. The van der Waals surface area contributed by atoms with Crippen molar-refractivity contribution in [1.82, 2.24) is 5.32 Å². The number of hydrogen-bond donors (Lipinski definition) is 1.